The molecule has 8 heteroatoms. The molecule has 0 aliphatic carbocycles. The molecule has 0 radical (unpaired) electrons. The maximum Gasteiger partial charge on any atom is 0.527 e. The summed E-state index contributed by atoms with van der Waals surface area (Å²) in [5.74, 6) is 0.0377. The third-order valence-corrected chi connectivity index (χ3v) is 4.38. The van der Waals surface area contributed by atoms with E-state index in [1.165, 1.54) is 0 Å². The fraction of sp³-hybridized carbons (Fsp3) is 0.500. The van der Waals surface area contributed by atoms with Crippen molar-refractivity contribution in [2.24, 2.45) is 0 Å². The number of hydrogen-bond acceptors (Lipinski definition) is 4. The normalized spacial score (nSPS) is 15.5. The molecule has 0 amide bonds. The van der Waals surface area contributed by atoms with Crippen LogP contribution in [0.25, 0.3) is 9.69 Å². The first kappa shape index (κ1) is 19.9. The van der Waals surface area contributed by atoms with E-state index in [2.05, 4.69) is 13.9 Å². The molecule has 1 rings (SSSR count). The summed E-state index contributed by atoms with van der Waals surface area (Å²) in [6.45, 7) is 22.1. The maximum atomic E-state index is 10.7. The van der Waals surface area contributed by atoms with E-state index in [4.69, 9.17) is 17.7 Å². The predicted molar refractivity (Wildman–Crippen MR) is 90.4 cm³/mol. The second kappa shape index (κ2) is 8.11. The Bertz CT molecular complexity index is 746. The highest BCUT2D eigenvalue weighted by Crippen LogP contribution is 2.39. The quantitative estimate of drug-likeness (QED) is 0.585. The number of rotatable bonds is 6. The second-order valence-corrected chi connectivity index (χ2v) is 6.27. The van der Waals surface area contributed by atoms with Crippen LogP contribution in [0.4, 0.5) is 0 Å². The molecule has 0 fully saturated rings. The molecule has 7 nitrogen and oxygen atoms in total. The van der Waals surface area contributed by atoms with Crippen LogP contribution in [0.1, 0.15) is 40.5 Å². The van der Waals surface area contributed by atoms with Gasteiger partial charge in [-0.05, 0) is 37.8 Å². The van der Waals surface area contributed by atoms with Crippen LogP contribution in [0.2, 0.25) is 0 Å². The highest BCUT2D eigenvalue weighted by atomic mass is 32.3. The Balaban J connectivity index is 3.39. The van der Waals surface area contributed by atoms with Crippen LogP contribution < -0.4 is 0 Å². The van der Waals surface area contributed by atoms with E-state index < -0.39 is 10.4 Å². The zero-order chi connectivity index (χ0) is 18.5. The Morgan fingerprint density at radius 3 is 1.92 bits per heavy atom. The van der Waals surface area contributed by atoms with Crippen molar-refractivity contribution in [2.45, 2.75) is 40.5 Å². The molecule has 0 saturated carbocycles. The highest BCUT2D eigenvalue weighted by Gasteiger charge is 2.30. The third kappa shape index (κ3) is 4.24. The van der Waals surface area contributed by atoms with Crippen LogP contribution >= 0.6 is 0 Å². The summed E-state index contributed by atoms with van der Waals surface area (Å²) in [5.41, 5.74) is 4.15. The van der Waals surface area contributed by atoms with Gasteiger partial charge in [0.1, 0.15) is 13.1 Å². The fourth-order valence-electron chi connectivity index (χ4n) is 3.03. The van der Waals surface area contributed by atoms with Crippen LogP contribution in [0.5, 0.6) is 0 Å². The summed E-state index contributed by atoms with van der Waals surface area (Å²) < 4.78 is 34.6. The lowest BCUT2D eigenvalue weighted by molar-refractivity contribution is 0.234. The van der Waals surface area contributed by atoms with E-state index in [1.807, 2.05) is 32.6 Å². The molecule has 130 valence electrons. The summed E-state index contributed by atoms with van der Waals surface area (Å²) in [5, 5.41) is 0. The topological polar surface area (TPSA) is 75.6 Å². The van der Waals surface area contributed by atoms with Gasteiger partial charge in [-0.3, -0.25) is 4.55 Å². The van der Waals surface area contributed by atoms with Crippen molar-refractivity contribution in [1.29, 1.82) is 0 Å². The van der Waals surface area contributed by atoms with Crippen molar-refractivity contribution in [3.8, 4) is 0 Å². The van der Waals surface area contributed by atoms with Crippen molar-refractivity contribution in [2.75, 3.05) is 13.2 Å². The average molecular weight is 351 g/mol. The van der Waals surface area contributed by atoms with Gasteiger partial charge >= 0.3 is 16.2 Å². The van der Waals surface area contributed by atoms with Crippen LogP contribution in [-0.4, -0.2) is 31.0 Å². The minimum Gasteiger partial charge on any atom is -0.346 e. The molecule has 1 N–H and O–H groups in total. The summed E-state index contributed by atoms with van der Waals surface area (Å²) in [6.07, 6.45) is 1.31. The zero-order valence-corrected chi connectivity index (χ0v) is 15.1. The lowest BCUT2D eigenvalue weighted by Crippen LogP contribution is -2.31. The van der Waals surface area contributed by atoms with Crippen molar-refractivity contribution in [3.63, 3.8) is 0 Å². The fourth-order valence-corrected chi connectivity index (χ4v) is 3.31. The van der Waals surface area contributed by atoms with Crippen LogP contribution in [0, 0.1) is 13.1 Å². The largest absolute Gasteiger partial charge is 0.527 e. The van der Waals surface area contributed by atoms with Gasteiger partial charge in [-0.15, -0.1) is 0 Å². The Morgan fingerprint density at radius 1 is 1.12 bits per heavy atom. The van der Waals surface area contributed by atoms with Gasteiger partial charge in [-0.1, -0.05) is 13.8 Å². The monoisotopic (exact) mass is 351 g/mol. The van der Waals surface area contributed by atoms with E-state index in [1.54, 1.807) is 0 Å². The Kier molecular flexibility index (Phi) is 6.73. The molecule has 1 aliphatic heterocycles. The van der Waals surface area contributed by atoms with E-state index in [0.29, 0.717) is 18.4 Å². The van der Waals surface area contributed by atoms with Gasteiger partial charge in [0.05, 0.1) is 12.2 Å². The number of nitrogens with zero attached hydrogens (tertiary/aromatic N) is 3. The highest BCUT2D eigenvalue weighted by molar-refractivity contribution is 7.80. The van der Waals surface area contributed by atoms with Crippen molar-refractivity contribution in [3.05, 3.63) is 56.8 Å². The van der Waals surface area contributed by atoms with Gasteiger partial charge in [0, 0.05) is 17.9 Å². The van der Waals surface area contributed by atoms with Crippen molar-refractivity contribution >= 4 is 10.4 Å². The van der Waals surface area contributed by atoms with Crippen LogP contribution in [-0.2, 0) is 14.6 Å². The molecule has 0 atom stereocenters. The van der Waals surface area contributed by atoms with E-state index in [9.17, 15) is 8.42 Å². The summed E-state index contributed by atoms with van der Waals surface area (Å²) in [4.78, 5) is 8.63. The van der Waals surface area contributed by atoms with E-state index >= 15 is 0 Å². The minimum absolute atomic E-state index is 0.0377. The predicted octanol–water partition coefficient (Wildman–Crippen LogP) is 3.54. The molecule has 0 bridgehead atoms. The first-order valence-electron chi connectivity index (χ1n) is 7.50. The lowest BCUT2D eigenvalue weighted by Gasteiger charge is -2.36. The first-order chi connectivity index (χ1) is 11.2. The van der Waals surface area contributed by atoms with Gasteiger partial charge in [0.15, 0.2) is 0 Å². The molecular weight excluding hydrogens is 330 g/mol. The Hall–Kier alpha value is -2.13. The Labute approximate surface area is 143 Å². The van der Waals surface area contributed by atoms with Gasteiger partial charge in [0.2, 0.25) is 0 Å². The van der Waals surface area contributed by atoms with Gasteiger partial charge in [0.25, 0.3) is 0 Å². The summed E-state index contributed by atoms with van der Waals surface area (Å²) in [7, 11) is -4.48. The Morgan fingerprint density at radius 2 is 1.58 bits per heavy atom. The molecule has 1 heterocycles. The molecule has 0 aromatic rings. The van der Waals surface area contributed by atoms with E-state index in [-0.39, 0.29) is 19.0 Å². The SMILES string of the molecule is [C-]#[N+]C([N+]#[C-])=C1C(C)=C(CC)N(CCOS(=O)(=O)O)C(CC)=C1C. The molecule has 0 aromatic carbocycles. The van der Waals surface area contributed by atoms with Crippen LogP contribution in [0.15, 0.2) is 33.9 Å². The molecule has 0 aromatic heterocycles. The summed E-state index contributed by atoms with van der Waals surface area (Å²) in [6, 6.07) is 0. The summed E-state index contributed by atoms with van der Waals surface area (Å²) >= 11 is 0. The maximum absolute atomic E-state index is 10.7. The van der Waals surface area contributed by atoms with Gasteiger partial charge in [-0.2, -0.15) is 18.1 Å². The smallest absolute Gasteiger partial charge is 0.346 e. The van der Waals surface area contributed by atoms with Crippen molar-refractivity contribution in [1.82, 2.24) is 4.90 Å². The zero-order valence-electron chi connectivity index (χ0n) is 14.3. The second-order valence-electron chi connectivity index (χ2n) is 5.17. The number of hydrogen-bond donors (Lipinski definition) is 1. The van der Waals surface area contributed by atoms with E-state index in [0.717, 1.165) is 22.5 Å². The van der Waals surface area contributed by atoms with Gasteiger partial charge in [-0.25, -0.2) is 4.18 Å². The standard InChI is InChI=1S/C16H21N3O4S/c1-7-13-11(3)15(16(17-5)18-6)12(4)14(8-2)19(13)9-10-23-24(20,21)22/h7-10H2,1-4H3,(H,20,21,22). The molecule has 0 unspecified atom stereocenters. The molecular formula is C16H21N3O4S. The minimum atomic E-state index is -4.48. The number of allylic oxidation sites excluding steroid dienone is 5. The lowest BCUT2D eigenvalue weighted by atomic mass is 9.90. The third-order valence-electron chi connectivity index (χ3n) is 3.92. The molecule has 0 spiro atoms. The van der Waals surface area contributed by atoms with Crippen LogP contribution in [0.3, 0.4) is 0 Å². The van der Waals surface area contributed by atoms with Crippen molar-refractivity contribution < 1.29 is 17.2 Å². The molecule has 24 heavy (non-hydrogen) atoms. The van der Waals surface area contributed by atoms with Gasteiger partial charge < -0.3 is 4.90 Å². The first-order valence-corrected chi connectivity index (χ1v) is 8.87. The molecule has 0 saturated heterocycles. The molecule has 1 aliphatic rings. The average Bonchev–Trinajstić information content (AvgIpc) is 2.50.